The van der Waals surface area contributed by atoms with E-state index in [1.54, 1.807) is 30.2 Å². The quantitative estimate of drug-likeness (QED) is 0.589. The van der Waals surface area contributed by atoms with Crippen LogP contribution in [0.15, 0.2) is 31.1 Å². The fourth-order valence-electron chi connectivity index (χ4n) is 1.06. The van der Waals surface area contributed by atoms with Gasteiger partial charge in [0.05, 0.1) is 17.4 Å². The van der Waals surface area contributed by atoms with Gasteiger partial charge in [0.2, 0.25) is 0 Å². The highest BCUT2D eigenvalue weighted by Gasteiger charge is 1.99. The molecule has 0 bridgehead atoms. The van der Waals surface area contributed by atoms with Crippen molar-refractivity contribution in [2.45, 2.75) is 0 Å². The molecule has 3 nitrogen and oxygen atoms in total. The lowest BCUT2D eigenvalue weighted by Crippen LogP contribution is -2.06. The van der Waals surface area contributed by atoms with Gasteiger partial charge in [0.25, 0.3) is 0 Å². The first-order valence-corrected chi connectivity index (χ1v) is 5.80. The molecule has 1 aromatic rings. The Kier molecular flexibility index (Phi) is 5.34. The number of hydrogen-bond donors (Lipinski definition) is 1. The third kappa shape index (κ3) is 4.05. The van der Waals surface area contributed by atoms with Crippen LogP contribution in [0, 0.1) is 11.3 Å². The van der Waals surface area contributed by atoms with Crippen LogP contribution in [-0.2, 0) is 0 Å². The molecule has 4 heteroatoms. The molecule has 0 aliphatic rings. The van der Waals surface area contributed by atoms with E-state index in [-0.39, 0.29) is 0 Å². The van der Waals surface area contributed by atoms with Gasteiger partial charge in [-0.25, -0.2) is 0 Å². The molecule has 0 radical (unpaired) electrons. The highest BCUT2D eigenvalue weighted by atomic mass is 32.2. The van der Waals surface area contributed by atoms with E-state index in [1.165, 1.54) is 0 Å². The maximum Gasteiger partial charge on any atom is 0.101 e. The number of aromatic nitrogens is 1. The van der Waals surface area contributed by atoms with Crippen LogP contribution in [0.3, 0.4) is 0 Å². The summed E-state index contributed by atoms with van der Waals surface area (Å²) in [7, 11) is 0. The van der Waals surface area contributed by atoms with Crippen molar-refractivity contribution in [2.24, 2.45) is 0 Å². The molecule has 0 fully saturated rings. The first kappa shape index (κ1) is 11.6. The molecule has 1 N–H and O–H groups in total. The Balaban J connectivity index is 2.37. The third-order valence-corrected chi connectivity index (χ3v) is 2.70. The summed E-state index contributed by atoms with van der Waals surface area (Å²) in [5.41, 5.74) is 1.44. The number of nitrogens with zero attached hydrogens (tertiary/aromatic N) is 2. The van der Waals surface area contributed by atoms with Gasteiger partial charge in [-0.1, -0.05) is 6.08 Å². The van der Waals surface area contributed by atoms with Crippen LogP contribution in [0.5, 0.6) is 0 Å². The fourth-order valence-corrected chi connectivity index (χ4v) is 1.64. The van der Waals surface area contributed by atoms with Crippen molar-refractivity contribution < 1.29 is 0 Å². The van der Waals surface area contributed by atoms with E-state index in [0.717, 1.165) is 23.7 Å². The van der Waals surface area contributed by atoms with Gasteiger partial charge < -0.3 is 5.32 Å². The summed E-state index contributed by atoms with van der Waals surface area (Å²) in [5.74, 6) is 1.95. The zero-order valence-corrected chi connectivity index (χ0v) is 9.26. The fraction of sp³-hybridized carbons (Fsp3) is 0.273. The molecular formula is C11H13N3S. The number of rotatable bonds is 6. The summed E-state index contributed by atoms with van der Waals surface area (Å²) in [6, 6.07) is 3.83. The smallest absolute Gasteiger partial charge is 0.101 e. The normalized spacial score (nSPS) is 9.27. The molecule has 0 aliphatic carbocycles. The molecule has 0 amide bonds. The molecule has 78 valence electrons. The minimum atomic E-state index is 0.638. The van der Waals surface area contributed by atoms with Crippen molar-refractivity contribution in [3.63, 3.8) is 0 Å². The first-order chi connectivity index (χ1) is 7.38. The Morgan fingerprint density at radius 3 is 3.27 bits per heavy atom. The molecule has 0 aromatic carbocycles. The number of thioether (sulfide) groups is 1. The number of nitrogens with one attached hydrogen (secondary N) is 1. The lowest BCUT2D eigenvalue weighted by molar-refractivity contribution is 1.19. The Bertz CT molecular complexity index is 357. The standard InChI is InChI=1S/C11H13N3S/c1-2-6-15-7-5-14-11-9-13-4-3-10(11)8-12/h2-4,9,14H,1,5-7H2. The van der Waals surface area contributed by atoms with Crippen molar-refractivity contribution in [3.05, 3.63) is 36.7 Å². The molecule has 1 aromatic heterocycles. The maximum absolute atomic E-state index is 8.82. The minimum Gasteiger partial charge on any atom is -0.382 e. The van der Waals surface area contributed by atoms with E-state index in [0.29, 0.717) is 5.56 Å². The topological polar surface area (TPSA) is 48.7 Å². The number of pyridine rings is 1. The Morgan fingerprint density at radius 2 is 2.53 bits per heavy atom. The average Bonchev–Trinajstić information content (AvgIpc) is 2.29. The number of hydrogen-bond acceptors (Lipinski definition) is 4. The SMILES string of the molecule is C=CCSCCNc1cnccc1C#N. The molecule has 0 saturated heterocycles. The zero-order valence-electron chi connectivity index (χ0n) is 8.44. The van der Waals surface area contributed by atoms with Gasteiger partial charge in [-0.3, -0.25) is 4.98 Å². The first-order valence-electron chi connectivity index (χ1n) is 4.65. The van der Waals surface area contributed by atoms with Crippen LogP contribution in [-0.4, -0.2) is 23.0 Å². The second-order valence-electron chi connectivity index (χ2n) is 2.82. The van der Waals surface area contributed by atoms with E-state index >= 15 is 0 Å². The average molecular weight is 219 g/mol. The second kappa shape index (κ2) is 6.91. The van der Waals surface area contributed by atoms with Crippen molar-refractivity contribution in [1.82, 2.24) is 4.98 Å². The Hall–Kier alpha value is -1.47. The van der Waals surface area contributed by atoms with Crippen LogP contribution in [0.4, 0.5) is 5.69 Å². The predicted molar refractivity (Wildman–Crippen MR) is 65.0 cm³/mol. The second-order valence-corrected chi connectivity index (χ2v) is 3.97. The lowest BCUT2D eigenvalue weighted by Gasteiger charge is -2.06. The summed E-state index contributed by atoms with van der Waals surface area (Å²) in [4.78, 5) is 3.97. The molecule has 0 spiro atoms. The summed E-state index contributed by atoms with van der Waals surface area (Å²) in [6.07, 6.45) is 5.18. The van der Waals surface area contributed by atoms with Gasteiger partial charge in [0.15, 0.2) is 0 Å². The highest BCUT2D eigenvalue weighted by molar-refractivity contribution is 7.99. The van der Waals surface area contributed by atoms with E-state index in [9.17, 15) is 0 Å². The molecule has 0 atom stereocenters. The van der Waals surface area contributed by atoms with Crippen molar-refractivity contribution in [3.8, 4) is 6.07 Å². The van der Waals surface area contributed by atoms with Gasteiger partial charge in [0, 0.05) is 24.2 Å². The van der Waals surface area contributed by atoms with Gasteiger partial charge in [-0.05, 0) is 6.07 Å². The maximum atomic E-state index is 8.82. The number of nitriles is 1. The third-order valence-electron chi connectivity index (χ3n) is 1.74. The molecule has 1 rings (SSSR count). The van der Waals surface area contributed by atoms with Gasteiger partial charge in [-0.15, -0.1) is 6.58 Å². The van der Waals surface area contributed by atoms with E-state index in [1.807, 2.05) is 6.08 Å². The van der Waals surface area contributed by atoms with Gasteiger partial charge >= 0.3 is 0 Å². The molecule has 0 aliphatic heterocycles. The van der Waals surface area contributed by atoms with E-state index in [4.69, 9.17) is 5.26 Å². The van der Waals surface area contributed by atoms with Crippen molar-refractivity contribution >= 4 is 17.4 Å². The van der Waals surface area contributed by atoms with Crippen LogP contribution in [0.2, 0.25) is 0 Å². The van der Waals surface area contributed by atoms with Crippen LogP contribution >= 0.6 is 11.8 Å². The van der Waals surface area contributed by atoms with Crippen LogP contribution in [0.1, 0.15) is 5.56 Å². The van der Waals surface area contributed by atoms with Crippen LogP contribution < -0.4 is 5.32 Å². The lowest BCUT2D eigenvalue weighted by atomic mass is 10.2. The Morgan fingerprint density at radius 1 is 1.67 bits per heavy atom. The molecule has 15 heavy (non-hydrogen) atoms. The molecule has 1 heterocycles. The summed E-state index contributed by atoms with van der Waals surface area (Å²) in [5, 5.41) is 12.0. The number of anilines is 1. The van der Waals surface area contributed by atoms with Crippen molar-refractivity contribution in [2.75, 3.05) is 23.4 Å². The molecule has 0 unspecified atom stereocenters. The highest BCUT2D eigenvalue weighted by Crippen LogP contribution is 2.11. The van der Waals surface area contributed by atoms with E-state index < -0.39 is 0 Å². The summed E-state index contributed by atoms with van der Waals surface area (Å²) in [6.45, 7) is 4.48. The molecule has 0 saturated carbocycles. The van der Waals surface area contributed by atoms with Gasteiger partial charge in [0.1, 0.15) is 6.07 Å². The predicted octanol–water partition coefficient (Wildman–Crippen LogP) is 2.28. The largest absolute Gasteiger partial charge is 0.382 e. The summed E-state index contributed by atoms with van der Waals surface area (Å²) < 4.78 is 0. The van der Waals surface area contributed by atoms with Crippen LogP contribution in [0.25, 0.3) is 0 Å². The Labute approximate surface area is 94.2 Å². The summed E-state index contributed by atoms with van der Waals surface area (Å²) >= 11 is 1.80. The molecular weight excluding hydrogens is 206 g/mol. The monoisotopic (exact) mass is 219 g/mol. The van der Waals surface area contributed by atoms with E-state index in [2.05, 4.69) is 22.9 Å². The zero-order chi connectivity index (χ0) is 10.9. The van der Waals surface area contributed by atoms with Gasteiger partial charge in [-0.2, -0.15) is 17.0 Å². The minimum absolute atomic E-state index is 0.638. The van der Waals surface area contributed by atoms with Crippen molar-refractivity contribution in [1.29, 1.82) is 5.26 Å².